The highest BCUT2D eigenvalue weighted by Crippen LogP contribution is 2.28. The molecule has 26 heavy (non-hydrogen) atoms. The molecule has 7 heteroatoms. The molecule has 0 spiro atoms. The van der Waals surface area contributed by atoms with Crippen LogP contribution in [0.1, 0.15) is 24.3 Å². The first kappa shape index (κ1) is 18.1. The maximum absolute atomic E-state index is 12.0. The van der Waals surface area contributed by atoms with E-state index in [0.717, 1.165) is 37.7 Å². The molecule has 1 amide bonds. The molecule has 1 saturated heterocycles. The molecule has 0 radical (unpaired) electrons. The predicted molar refractivity (Wildman–Crippen MR) is 102 cm³/mol. The van der Waals surface area contributed by atoms with E-state index in [0.29, 0.717) is 24.0 Å². The van der Waals surface area contributed by atoms with E-state index in [4.69, 9.17) is 4.74 Å². The topological polar surface area (TPSA) is 79.4 Å². The van der Waals surface area contributed by atoms with E-state index in [1.807, 2.05) is 32.0 Å². The lowest BCUT2D eigenvalue weighted by Gasteiger charge is -2.30. The molecule has 2 N–H and O–H groups in total. The van der Waals surface area contributed by atoms with Gasteiger partial charge in [0.15, 0.2) is 0 Å². The van der Waals surface area contributed by atoms with Crippen LogP contribution in [-0.2, 0) is 4.74 Å². The molecule has 7 nitrogen and oxygen atoms in total. The lowest BCUT2D eigenvalue weighted by molar-refractivity contribution is 0.0943. The van der Waals surface area contributed by atoms with Crippen molar-refractivity contribution in [2.45, 2.75) is 13.8 Å². The van der Waals surface area contributed by atoms with Gasteiger partial charge in [-0.15, -0.1) is 0 Å². The molecule has 2 aromatic rings. The van der Waals surface area contributed by atoms with Gasteiger partial charge in [0.2, 0.25) is 0 Å². The second-order valence-corrected chi connectivity index (χ2v) is 6.63. The maximum atomic E-state index is 12.0. The average Bonchev–Trinajstić information content (AvgIpc) is 2.68. The van der Waals surface area contributed by atoms with Crippen molar-refractivity contribution < 1.29 is 9.53 Å². The van der Waals surface area contributed by atoms with Crippen molar-refractivity contribution in [1.29, 1.82) is 0 Å². The number of amides is 1. The van der Waals surface area contributed by atoms with Gasteiger partial charge in [0.05, 0.1) is 37.0 Å². The summed E-state index contributed by atoms with van der Waals surface area (Å²) in [5, 5.41) is 6.14. The summed E-state index contributed by atoms with van der Waals surface area (Å²) in [5.41, 5.74) is 2.38. The number of aromatic nitrogens is 2. The minimum atomic E-state index is -0.202. The zero-order chi connectivity index (χ0) is 18.4. The van der Waals surface area contributed by atoms with Gasteiger partial charge in [-0.3, -0.25) is 4.79 Å². The number of carbonyl (C=O) groups excluding carboxylic acids is 1. The van der Waals surface area contributed by atoms with Crippen LogP contribution in [0.5, 0.6) is 0 Å². The summed E-state index contributed by atoms with van der Waals surface area (Å²) >= 11 is 0. The van der Waals surface area contributed by atoms with Crippen LogP contribution in [-0.4, -0.2) is 48.7 Å². The van der Waals surface area contributed by atoms with Crippen LogP contribution in [0.2, 0.25) is 0 Å². The third-order valence-corrected chi connectivity index (χ3v) is 4.07. The van der Waals surface area contributed by atoms with Gasteiger partial charge in [-0.25, -0.2) is 9.97 Å². The van der Waals surface area contributed by atoms with Crippen LogP contribution in [0.4, 0.5) is 17.2 Å². The number of hydrogen-bond donors (Lipinski definition) is 2. The standard InChI is InChI=1S/C19H25N5O2/c1-14(2)11-22-19(25)16-12-21-18(13-20-16)23-15-5-3-4-6-17(15)24-7-9-26-10-8-24/h3-6,12-14H,7-11H2,1-2H3,(H,21,23)(H,22,25). The van der Waals surface area contributed by atoms with E-state index in [1.54, 1.807) is 6.20 Å². The van der Waals surface area contributed by atoms with Gasteiger partial charge < -0.3 is 20.3 Å². The molecule has 1 aromatic carbocycles. The number of para-hydroxylation sites is 2. The molecule has 0 bridgehead atoms. The highest BCUT2D eigenvalue weighted by molar-refractivity contribution is 5.92. The van der Waals surface area contributed by atoms with E-state index in [2.05, 4.69) is 31.6 Å². The van der Waals surface area contributed by atoms with Gasteiger partial charge in [-0.2, -0.15) is 0 Å². The van der Waals surface area contributed by atoms with Gasteiger partial charge in [-0.1, -0.05) is 26.0 Å². The third-order valence-electron chi connectivity index (χ3n) is 4.07. The second kappa shape index (κ2) is 8.62. The molecule has 1 aliphatic heterocycles. The fourth-order valence-electron chi connectivity index (χ4n) is 2.69. The Bertz CT molecular complexity index is 727. The predicted octanol–water partition coefficient (Wildman–Crippen LogP) is 2.44. The van der Waals surface area contributed by atoms with Crippen LogP contribution in [0.25, 0.3) is 0 Å². The molecule has 0 aliphatic carbocycles. The normalized spacial score (nSPS) is 14.3. The van der Waals surface area contributed by atoms with E-state index in [-0.39, 0.29) is 5.91 Å². The van der Waals surface area contributed by atoms with Crippen molar-refractivity contribution in [2.75, 3.05) is 43.1 Å². The summed E-state index contributed by atoms with van der Waals surface area (Å²) in [6, 6.07) is 8.09. The number of carbonyl (C=O) groups is 1. The molecular formula is C19H25N5O2. The summed E-state index contributed by atoms with van der Waals surface area (Å²) in [6.45, 7) is 7.89. The van der Waals surface area contributed by atoms with Gasteiger partial charge in [0, 0.05) is 19.6 Å². The highest BCUT2D eigenvalue weighted by atomic mass is 16.5. The summed E-state index contributed by atoms with van der Waals surface area (Å²) in [4.78, 5) is 22.9. The number of nitrogens with zero attached hydrogens (tertiary/aromatic N) is 3. The Morgan fingerprint density at radius 3 is 2.65 bits per heavy atom. The third kappa shape index (κ3) is 4.70. The van der Waals surface area contributed by atoms with E-state index in [9.17, 15) is 4.79 Å². The number of ether oxygens (including phenoxy) is 1. The maximum Gasteiger partial charge on any atom is 0.271 e. The first-order chi connectivity index (χ1) is 12.6. The van der Waals surface area contributed by atoms with Crippen molar-refractivity contribution in [1.82, 2.24) is 15.3 Å². The Morgan fingerprint density at radius 1 is 1.19 bits per heavy atom. The van der Waals surface area contributed by atoms with Gasteiger partial charge in [0.25, 0.3) is 5.91 Å². The van der Waals surface area contributed by atoms with E-state index in [1.165, 1.54) is 6.20 Å². The lowest BCUT2D eigenvalue weighted by atomic mass is 10.2. The quantitative estimate of drug-likeness (QED) is 0.829. The molecule has 138 valence electrons. The van der Waals surface area contributed by atoms with Crippen LogP contribution < -0.4 is 15.5 Å². The van der Waals surface area contributed by atoms with Crippen LogP contribution in [0.3, 0.4) is 0 Å². The number of rotatable bonds is 6. The average molecular weight is 355 g/mol. The molecule has 1 aromatic heterocycles. The summed E-state index contributed by atoms with van der Waals surface area (Å²) in [7, 11) is 0. The largest absolute Gasteiger partial charge is 0.378 e. The fourth-order valence-corrected chi connectivity index (χ4v) is 2.69. The van der Waals surface area contributed by atoms with Gasteiger partial charge >= 0.3 is 0 Å². The number of morpholine rings is 1. The molecule has 0 saturated carbocycles. The number of benzene rings is 1. The fraction of sp³-hybridized carbons (Fsp3) is 0.421. The SMILES string of the molecule is CC(C)CNC(=O)c1cnc(Nc2ccccc2N2CCOCC2)cn1. The molecule has 3 rings (SSSR count). The second-order valence-electron chi connectivity index (χ2n) is 6.63. The molecule has 1 aliphatic rings. The van der Waals surface area contributed by atoms with Crippen molar-refractivity contribution in [3.8, 4) is 0 Å². The summed E-state index contributed by atoms with van der Waals surface area (Å²) < 4.78 is 5.43. The number of anilines is 3. The zero-order valence-corrected chi connectivity index (χ0v) is 15.2. The van der Waals surface area contributed by atoms with Gasteiger partial charge in [0.1, 0.15) is 11.5 Å². The first-order valence-corrected chi connectivity index (χ1v) is 8.92. The molecule has 0 atom stereocenters. The molecule has 1 fully saturated rings. The molecular weight excluding hydrogens is 330 g/mol. The smallest absolute Gasteiger partial charge is 0.271 e. The Hall–Kier alpha value is -2.67. The summed E-state index contributed by atoms with van der Waals surface area (Å²) in [5.74, 6) is 0.794. The van der Waals surface area contributed by atoms with Crippen LogP contribution in [0, 0.1) is 5.92 Å². The van der Waals surface area contributed by atoms with Crippen LogP contribution in [0.15, 0.2) is 36.7 Å². The Kier molecular flexibility index (Phi) is 6.01. The van der Waals surface area contributed by atoms with Crippen molar-refractivity contribution >= 4 is 23.1 Å². The highest BCUT2D eigenvalue weighted by Gasteiger charge is 2.15. The number of nitrogens with one attached hydrogen (secondary N) is 2. The first-order valence-electron chi connectivity index (χ1n) is 8.92. The lowest BCUT2D eigenvalue weighted by Crippen LogP contribution is -2.36. The monoisotopic (exact) mass is 355 g/mol. The summed E-state index contributed by atoms with van der Waals surface area (Å²) in [6.07, 6.45) is 3.08. The van der Waals surface area contributed by atoms with Crippen LogP contribution >= 0.6 is 0 Å². The van der Waals surface area contributed by atoms with Gasteiger partial charge in [-0.05, 0) is 18.1 Å². The number of hydrogen-bond acceptors (Lipinski definition) is 6. The Labute approximate surface area is 153 Å². The van der Waals surface area contributed by atoms with Crippen molar-refractivity contribution in [2.24, 2.45) is 5.92 Å². The minimum absolute atomic E-state index is 0.202. The van der Waals surface area contributed by atoms with Crippen molar-refractivity contribution in [3.05, 3.63) is 42.4 Å². The van der Waals surface area contributed by atoms with E-state index < -0.39 is 0 Å². The van der Waals surface area contributed by atoms with E-state index >= 15 is 0 Å². The zero-order valence-electron chi connectivity index (χ0n) is 15.2. The Morgan fingerprint density at radius 2 is 1.96 bits per heavy atom. The van der Waals surface area contributed by atoms with Crippen molar-refractivity contribution in [3.63, 3.8) is 0 Å². The molecule has 2 heterocycles. The minimum Gasteiger partial charge on any atom is -0.378 e. The Balaban J connectivity index is 1.69. The molecule has 0 unspecified atom stereocenters.